The zero-order valence-corrected chi connectivity index (χ0v) is 12.7. The molecule has 3 nitrogen and oxygen atoms in total. The number of fused-ring (bicyclic) bond motifs is 1. The molecular formula is C20H17N3. The number of nitrogens with zero attached hydrogens (tertiary/aromatic N) is 1. The highest BCUT2D eigenvalue weighted by molar-refractivity contribution is 5.67. The van der Waals surface area contributed by atoms with Crippen LogP contribution in [0.4, 0.5) is 0 Å². The average Bonchev–Trinajstić information content (AvgIpc) is 2.64. The van der Waals surface area contributed by atoms with Gasteiger partial charge in [0.25, 0.3) is 0 Å². The highest BCUT2D eigenvalue weighted by Gasteiger charge is 2.11. The standard InChI is InChI=1S/C20H17N3/c1-2-6-16(7-3-1)20-18-9-5-4-8-17(18)19(22-23-20)14-15-10-12-21-13-11-15/h1-13,22-23H,14H2. The Hall–Kier alpha value is -3.07. The van der Waals surface area contributed by atoms with Crippen LogP contribution in [0.15, 0.2) is 79.1 Å². The van der Waals surface area contributed by atoms with Crippen molar-refractivity contribution in [2.75, 3.05) is 0 Å². The molecule has 0 spiro atoms. The lowest BCUT2D eigenvalue weighted by atomic mass is 10.0. The van der Waals surface area contributed by atoms with Crippen molar-refractivity contribution < 1.29 is 0 Å². The molecule has 0 radical (unpaired) electrons. The van der Waals surface area contributed by atoms with Gasteiger partial charge < -0.3 is 5.43 Å². The zero-order valence-electron chi connectivity index (χ0n) is 12.7. The first-order valence-electron chi connectivity index (χ1n) is 7.71. The van der Waals surface area contributed by atoms with Crippen LogP contribution in [0.25, 0.3) is 11.4 Å². The Kier molecular flexibility index (Phi) is 3.53. The van der Waals surface area contributed by atoms with Crippen LogP contribution in [0.1, 0.15) is 11.1 Å². The maximum atomic E-state index is 4.09. The second kappa shape index (κ2) is 5.97. The Bertz CT molecular complexity index is 931. The summed E-state index contributed by atoms with van der Waals surface area (Å²) in [6, 6.07) is 23.0. The van der Waals surface area contributed by atoms with Gasteiger partial charge in [0, 0.05) is 40.5 Å². The third kappa shape index (κ3) is 2.69. The van der Waals surface area contributed by atoms with Crippen LogP contribution >= 0.6 is 0 Å². The van der Waals surface area contributed by atoms with E-state index in [1.54, 1.807) is 0 Å². The van der Waals surface area contributed by atoms with Crippen molar-refractivity contribution in [3.8, 4) is 0 Å². The number of aromatic nitrogens is 1. The van der Waals surface area contributed by atoms with Gasteiger partial charge in [-0.1, -0.05) is 54.6 Å². The first kappa shape index (κ1) is 13.6. The van der Waals surface area contributed by atoms with Crippen molar-refractivity contribution in [2.24, 2.45) is 0 Å². The highest BCUT2D eigenvalue weighted by Crippen LogP contribution is 2.10. The van der Waals surface area contributed by atoms with E-state index in [2.05, 4.69) is 64.4 Å². The summed E-state index contributed by atoms with van der Waals surface area (Å²) in [5.41, 5.74) is 11.5. The van der Waals surface area contributed by atoms with Gasteiger partial charge in [-0.15, -0.1) is 0 Å². The minimum absolute atomic E-state index is 0.842. The molecule has 2 N–H and O–H groups in total. The molecule has 112 valence electrons. The van der Waals surface area contributed by atoms with Gasteiger partial charge in [0.05, 0.1) is 5.70 Å². The number of rotatable bonds is 3. The average molecular weight is 299 g/mol. The molecule has 1 aliphatic rings. The lowest BCUT2D eigenvalue weighted by Crippen LogP contribution is -2.47. The molecule has 0 saturated heterocycles. The highest BCUT2D eigenvalue weighted by atomic mass is 15.4. The van der Waals surface area contributed by atoms with Crippen molar-refractivity contribution in [2.45, 2.75) is 6.42 Å². The van der Waals surface area contributed by atoms with Gasteiger partial charge in [-0.25, -0.2) is 0 Å². The van der Waals surface area contributed by atoms with Gasteiger partial charge in [0.2, 0.25) is 0 Å². The first-order valence-corrected chi connectivity index (χ1v) is 7.71. The zero-order chi connectivity index (χ0) is 15.5. The monoisotopic (exact) mass is 299 g/mol. The number of hydrogen-bond donors (Lipinski definition) is 2. The van der Waals surface area contributed by atoms with Crippen LogP contribution in [-0.4, -0.2) is 4.98 Å². The van der Waals surface area contributed by atoms with Gasteiger partial charge in [-0.05, 0) is 17.7 Å². The molecule has 0 bridgehead atoms. The molecular weight excluding hydrogens is 282 g/mol. The SMILES string of the molecule is c1ccc(C2=c3ccccc3=C(Cc3ccncc3)NN2)cc1. The Morgan fingerprint density at radius 1 is 0.696 bits per heavy atom. The minimum atomic E-state index is 0.842. The van der Waals surface area contributed by atoms with Gasteiger partial charge >= 0.3 is 0 Å². The van der Waals surface area contributed by atoms with E-state index < -0.39 is 0 Å². The normalized spacial score (nSPS) is 13.0. The maximum absolute atomic E-state index is 4.09. The van der Waals surface area contributed by atoms with Crippen LogP contribution in [0.2, 0.25) is 0 Å². The number of hydrazine groups is 1. The second-order valence-corrected chi connectivity index (χ2v) is 5.55. The molecule has 0 aliphatic carbocycles. The van der Waals surface area contributed by atoms with E-state index in [4.69, 9.17) is 0 Å². The maximum Gasteiger partial charge on any atom is 0.0691 e. The summed E-state index contributed by atoms with van der Waals surface area (Å²) < 4.78 is 0. The predicted octanol–water partition coefficient (Wildman–Crippen LogP) is 1.70. The summed E-state index contributed by atoms with van der Waals surface area (Å²) in [6.45, 7) is 0. The van der Waals surface area contributed by atoms with Gasteiger partial charge in [0.1, 0.15) is 0 Å². The van der Waals surface area contributed by atoms with Crippen LogP contribution in [0.5, 0.6) is 0 Å². The number of benzene rings is 2. The summed E-state index contributed by atoms with van der Waals surface area (Å²) in [6.07, 6.45) is 4.51. The van der Waals surface area contributed by atoms with Crippen molar-refractivity contribution in [3.63, 3.8) is 0 Å². The molecule has 0 fully saturated rings. The fourth-order valence-corrected chi connectivity index (χ4v) is 2.91. The lowest BCUT2D eigenvalue weighted by molar-refractivity contribution is 0.772. The summed E-state index contributed by atoms with van der Waals surface area (Å²) in [7, 11) is 0. The van der Waals surface area contributed by atoms with Crippen LogP contribution in [0, 0.1) is 0 Å². The first-order chi connectivity index (χ1) is 11.4. The van der Waals surface area contributed by atoms with Crippen LogP contribution < -0.4 is 21.3 Å². The molecule has 1 aromatic heterocycles. The van der Waals surface area contributed by atoms with E-state index in [-0.39, 0.29) is 0 Å². The second-order valence-electron chi connectivity index (χ2n) is 5.55. The van der Waals surface area contributed by atoms with E-state index in [9.17, 15) is 0 Å². The predicted molar refractivity (Wildman–Crippen MR) is 92.3 cm³/mol. The van der Waals surface area contributed by atoms with E-state index in [1.807, 2.05) is 30.6 Å². The molecule has 2 aromatic carbocycles. The van der Waals surface area contributed by atoms with Crippen molar-refractivity contribution in [1.29, 1.82) is 0 Å². The third-order valence-electron chi connectivity index (χ3n) is 4.05. The number of hydrogen-bond acceptors (Lipinski definition) is 3. The fraction of sp³-hybridized carbons (Fsp3) is 0.0500. The number of nitrogens with one attached hydrogen (secondary N) is 2. The Labute approximate surface area is 135 Å². The van der Waals surface area contributed by atoms with E-state index >= 15 is 0 Å². The Morgan fingerprint density at radius 2 is 1.39 bits per heavy atom. The third-order valence-corrected chi connectivity index (χ3v) is 4.05. The Balaban J connectivity index is 1.89. The van der Waals surface area contributed by atoms with Gasteiger partial charge in [-0.3, -0.25) is 10.4 Å². The van der Waals surface area contributed by atoms with E-state index in [0.717, 1.165) is 12.1 Å². The topological polar surface area (TPSA) is 37.0 Å². The molecule has 23 heavy (non-hydrogen) atoms. The molecule has 0 saturated carbocycles. The summed E-state index contributed by atoms with van der Waals surface area (Å²) in [5, 5.41) is 2.46. The summed E-state index contributed by atoms with van der Waals surface area (Å²) in [4.78, 5) is 4.09. The van der Waals surface area contributed by atoms with Gasteiger partial charge in [-0.2, -0.15) is 0 Å². The van der Waals surface area contributed by atoms with Crippen molar-refractivity contribution in [3.05, 3.63) is 101 Å². The van der Waals surface area contributed by atoms with Crippen molar-refractivity contribution in [1.82, 2.24) is 15.8 Å². The molecule has 0 unspecified atom stereocenters. The van der Waals surface area contributed by atoms with E-state index in [0.29, 0.717) is 0 Å². The minimum Gasteiger partial charge on any atom is -0.304 e. The van der Waals surface area contributed by atoms with E-state index in [1.165, 1.54) is 27.3 Å². The fourth-order valence-electron chi connectivity index (χ4n) is 2.91. The molecule has 0 atom stereocenters. The molecule has 3 heteroatoms. The molecule has 4 rings (SSSR count). The summed E-state index contributed by atoms with van der Waals surface area (Å²) >= 11 is 0. The van der Waals surface area contributed by atoms with Gasteiger partial charge in [0.15, 0.2) is 0 Å². The quantitative estimate of drug-likeness (QED) is 0.773. The molecule has 0 amide bonds. The largest absolute Gasteiger partial charge is 0.304 e. The molecule has 2 heterocycles. The number of pyridine rings is 1. The lowest BCUT2D eigenvalue weighted by Gasteiger charge is -2.21. The van der Waals surface area contributed by atoms with Crippen LogP contribution in [-0.2, 0) is 6.42 Å². The Morgan fingerprint density at radius 3 is 2.17 bits per heavy atom. The van der Waals surface area contributed by atoms with Crippen molar-refractivity contribution >= 4 is 11.4 Å². The van der Waals surface area contributed by atoms with Crippen LogP contribution in [0.3, 0.4) is 0 Å². The molecule has 3 aromatic rings. The summed E-state index contributed by atoms with van der Waals surface area (Å²) in [5.74, 6) is 0. The molecule has 1 aliphatic heterocycles. The smallest absolute Gasteiger partial charge is 0.0691 e.